The fraction of sp³-hybridized carbons (Fsp3) is 0.550. The Labute approximate surface area is 153 Å². The topological polar surface area (TPSA) is 86.7 Å². The minimum atomic E-state index is -0.758. The van der Waals surface area contributed by atoms with Crippen LogP contribution in [0.2, 0.25) is 0 Å². The van der Waals surface area contributed by atoms with Gasteiger partial charge in [-0.25, -0.2) is 0 Å². The Hall–Kier alpha value is -2.37. The number of amides is 2. The molecule has 0 unspecified atom stereocenters. The first-order valence-corrected chi connectivity index (χ1v) is 9.39. The highest BCUT2D eigenvalue weighted by Gasteiger charge is 2.29. The number of fused-ring (bicyclic) bond motifs is 1. The van der Waals surface area contributed by atoms with E-state index in [2.05, 4.69) is 17.4 Å². The second-order valence-electron chi connectivity index (χ2n) is 7.30. The largest absolute Gasteiger partial charge is 0.481 e. The van der Waals surface area contributed by atoms with E-state index < -0.39 is 5.97 Å². The van der Waals surface area contributed by atoms with Gasteiger partial charge in [-0.15, -0.1) is 0 Å². The molecule has 6 heteroatoms. The van der Waals surface area contributed by atoms with Gasteiger partial charge in [0, 0.05) is 32.0 Å². The van der Waals surface area contributed by atoms with E-state index in [1.165, 1.54) is 11.1 Å². The highest BCUT2D eigenvalue weighted by molar-refractivity contribution is 5.79. The van der Waals surface area contributed by atoms with Crippen LogP contribution >= 0.6 is 0 Å². The number of carboxylic acid groups (broad SMARTS) is 1. The van der Waals surface area contributed by atoms with Crippen molar-refractivity contribution in [3.8, 4) is 0 Å². The summed E-state index contributed by atoms with van der Waals surface area (Å²) in [7, 11) is 0. The Kier molecular flexibility index (Phi) is 5.91. The Balaban J connectivity index is 1.33. The molecule has 0 spiro atoms. The predicted molar refractivity (Wildman–Crippen MR) is 96.0 cm³/mol. The molecule has 1 aromatic rings. The van der Waals surface area contributed by atoms with Crippen molar-refractivity contribution in [2.24, 2.45) is 11.8 Å². The number of aliphatic carboxylic acids is 1. The molecule has 0 atom stereocenters. The lowest BCUT2D eigenvalue weighted by atomic mass is 9.81. The van der Waals surface area contributed by atoms with Gasteiger partial charge >= 0.3 is 5.97 Å². The van der Waals surface area contributed by atoms with Gasteiger partial charge in [-0.3, -0.25) is 14.4 Å². The second-order valence-corrected chi connectivity index (χ2v) is 7.30. The van der Waals surface area contributed by atoms with Crippen molar-refractivity contribution in [1.82, 2.24) is 10.2 Å². The van der Waals surface area contributed by atoms with Gasteiger partial charge in [0.05, 0.1) is 5.92 Å². The molecule has 1 fully saturated rings. The van der Waals surface area contributed by atoms with Crippen molar-refractivity contribution in [2.45, 2.75) is 51.6 Å². The lowest BCUT2D eigenvalue weighted by Gasteiger charge is -2.25. The van der Waals surface area contributed by atoms with E-state index in [0.717, 1.165) is 0 Å². The van der Waals surface area contributed by atoms with Crippen LogP contribution in [0.25, 0.3) is 0 Å². The van der Waals surface area contributed by atoms with Crippen molar-refractivity contribution in [3.63, 3.8) is 0 Å². The average Bonchev–Trinajstić information content (AvgIpc) is 3.09. The quantitative estimate of drug-likeness (QED) is 0.764. The second kappa shape index (κ2) is 8.34. The molecule has 1 aliphatic carbocycles. The third-order valence-corrected chi connectivity index (χ3v) is 5.51. The zero-order valence-corrected chi connectivity index (χ0v) is 14.9. The van der Waals surface area contributed by atoms with Crippen molar-refractivity contribution in [3.05, 3.63) is 35.4 Å². The average molecular weight is 358 g/mol. The molecule has 0 radical (unpaired) electrons. The van der Waals surface area contributed by atoms with E-state index in [1.54, 1.807) is 0 Å². The van der Waals surface area contributed by atoms with Gasteiger partial charge in [0.2, 0.25) is 11.8 Å². The first-order valence-electron chi connectivity index (χ1n) is 9.39. The van der Waals surface area contributed by atoms with Crippen LogP contribution in [0.4, 0.5) is 0 Å². The number of carbonyl (C=O) groups is 3. The number of benzene rings is 1. The van der Waals surface area contributed by atoms with E-state index in [0.29, 0.717) is 58.2 Å². The molecular formula is C20H26N2O4. The summed E-state index contributed by atoms with van der Waals surface area (Å²) in [5.41, 5.74) is 2.43. The maximum Gasteiger partial charge on any atom is 0.306 e. The van der Waals surface area contributed by atoms with Crippen LogP contribution in [0.1, 0.15) is 49.7 Å². The summed E-state index contributed by atoms with van der Waals surface area (Å²) >= 11 is 0. The number of carboxylic acids is 1. The lowest BCUT2D eigenvalue weighted by molar-refractivity contribution is -0.144. The summed E-state index contributed by atoms with van der Waals surface area (Å²) in [5.74, 6) is -1.03. The smallest absolute Gasteiger partial charge is 0.306 e. The monoisotopic (exact) mass is 358 g/mol. The van der Waals surface area contributed by atoms with Crippen LogP contribution in [0, 0.1) is 11.8 Å². The van der Waals surface area contributed by atoms with Gasteiger partial charge in [-0.1, -0.05) is 24.3 Å². The zero-order chi connectivity index (χ0) is 18.5. The number of carbonyl (C=O) groups excluding carboxylic acids is 2. The highest BCUT2D eigenvalue weighted by atomic mass is 16.4. The normalized spacial score (nSPS) is 21.9. The molecule has 1 aromatic carbocycles. The minimum Gasteiger partial charge on any atom is -0.481 e. The number of nitrogens with zero attached hydrogens (tertiary/aromatic N) is 1. The number of nitrogens with one attached hydrogen (secondary N) is 1. The molecule has 2 amide bonds. The van der Waals surface area contributed by atoms with Gasteiger partial charge in [0.1, 0.15) is 0 Å². The van der Waals surface area contributed by atoms with Crippen LogP contribution in [0.15, 0.2) is 24.3 Å². The zero-order valence-electron chi connectivity index (χ0n) is 14.9. The molecule has 6 nitrogen and oxygen atoms in total. The summed E-state index contributed by atoms with van der Waals surface area (Å²) in [6.07, 6.45) is 3.46. The molecule has 0 saturated heterocycles. The molecule has 0 bridgehead atoms. The van der Waals surface area contributed by atoms with E-state index in [9.17, 15) is 14.4 Å². The van der Waals surface area contributed by atoms with Crippen LogP contribution in [0.3, 0.4) is 0 Å². The fourth-order valence-electron chi connectivity index (χ4n) is 3.87. The van der Waals surface area contributed by atoms with Crippen molar-refractivity contribution in [2.75, 3.05) is 6.54 Å². The Bertz CT molecular complexity index is 655. The molecule has 1 heterocycles. The van der Waals surface area contributed by atoms with E-state index in [1.807, 2.05) is 17.0 Å². The Morgan fingerprint density at radius 3 is 2.15 bits per heavy atom. The van der Waals surface area contributed by atoms with Gasteiger partial charge < -0.3 is 15.3 Å². The van der Waals surface area contributed by atoms with Crippen LogP contribution in [0.5, 0.6) is 0 Å². The van der Waals surface area contributed by atoms with Crippen LogP contribution < -0.4 is 5.32 Å². The maximum absolute atomic E-state index is 12.3. The molecule has 1 aliphatic heterocycles. The fourth-order valence-corrected chi connectivity index (χ4v) is 3.87. The molecular weight excluding hydrogens is 332 g/mol. The maximum atomic E-state index is 12.3. The molecule has 26 heavy (non-hydrogen) atoms. The van der Waals surface area contributed by atoms with Gasteiger partial charge in [0.25, 0.3) is 0 Å². The molecule has 2 N–H and O–H groups in total. The summed E-state index contributed by atoms with van der Waals surface area (Å²) < 4.78 is 0. The van der Waals surface area contributed by atoms with Gasteiger partial charge in [-0.05, 0) is 43.2 Å². The molecule has 2 aliphatic rings. The molecule has 3 rings (SSSR count). The summed E-state index contributed by atoms with van der Waals surface area (Å²) in [6, 6.07) is 8.10. The number of hydrogen-bond donors (Lipinski definition) is 2. The van der Waals surface area contributed by atoms with Crippen molar-refractivity contribution >= 4 is 17.8 Å². The first kappa shape index (κ1) is 18.4. The summed E-state index contributed by atoms with van der Waals surface area (Å²) in [5, 5.41) is 11.9. The summed E-state index contributed by atoms with van der Waals surface area (Å²) in [4.78, 5) is 37.3. The van der Waals surface area contributed by atoms with E-state index >= 15 is 0 Å². The first-order chi connectivity index (χ1) is 12.5. The Morgan fingerprint density at radius 2 is 1.58 bits per heavy atom. The standard InChI is InChI=1S/C20H26N2O4/c23-18(22-12-16-4-1-2-5-17(16)13-22)6-3-11-21-19(24)14-7-9-15(10-8-14)20(25)26/h1-2,4-5,14-15H,3,6-13H2,(H,21,24)(H,25,26). The van der Waals surface area contributed by atoms with Crippen LogP contribution in [-0.2, 0) is 27.5 Å². The van der Waals surface area contributed by atoms with Crippen molar-refractivity contribution < 1.29 is 19.5 Å². The van der Waals surface area contributed by atoms with Gasteiger partial charge in [-0.2, -0.15) is 0 Å². The Morgan fingerprint density at radius 1 is 1.00 bits per heavy atom. The van der Waals surface area contributed by atoms with E-state index in [-0.39, 0.29) is 23.7 Å². The third kappa shape index (κ3) is 4.42. The van der Waals surface area contributed by atoms with Gasteiger partial charge in [0.15, 0.2) is 0 Å². The highest BCUT2D eigenvalue weighted by Crippen LogP contribution is 2.29. The number of hydrogen-bond acceptors (Lipinski definition) is 3. The molecule has 1 saturated carbocycles. The predicted octanol–water partition coefficient (Wildman–Crippen LogP) is 2.32. The third-order valence-electron chi connectivity index (χ3n) is 5.51. The molecule has 140 valence electrons. The van der Waals surface area contributed by atoms with E-state index in [4.69, 9.17) is 5.11 Å². The lowest BCUT2D eigenvalue weighted by Crippen LogP contribution is -2.35. The summed E-state index contributed by atoms with van der Waals surface area (Å²) in [6.45, 7) is 1.84. The van der Waals surface area contributed by atoms with Crippen molar-refractivity contribution in [1.29, 1.82) is 0 Å². The molecule has 0 aromatic heterocycles. The SMILES string of the molecule is O=C(O)C1CCC(C(=O)NCCCC(=O)N2Cc3ccccc3C2)CC1. The minimum absolute atomic E-state index is 0.00475. The van der Waals surface area contributed by atoms with Crippen LogP contribution in [-0.4, -0.2) is 34.3 Å². The number of rotatable bonds is 6.